The van der Waals surface area contributed by atoms with Gasteiger partial charge in [-0.05, 0) is 33.6 Å². The Morgan fingerprint density at radius 3 is 2.35 bits per heavy atom. The van der Waals surface area contributed by atoms with Crippen LogP contribution in [0.25, 0.3) is 0 Å². The molecule has 0 radical (unpaired) electrons. The van der Waals surface area contributed by atoms with Gasteiger partial charge in [-0.15, -0.1) is 0 Å². The molecule has 1 aliphatic rings. The quantitative estimate of drug-likeness (QED) is 0.806. The Morgan fingerprint density at radius 1 is 1.29 bits per heavy atom. The van der Waals surface area contributed by atoms with Gasteiger partial charge in [0.25, 0.3) is 0 Å². The monoisotopic (exact) mass is 243 g/mol. The number of hydrogen-bond acceptors (Lipinski definition) is 3. The van der Waals surface area contributed by atoms with Crippen LogP contribution in [0, 0.1) is 5.92 Å². The minimum Gasteiger partial charge on any atom is -0.481 e. The zero-order chi connectivity index (χ0) is 13.2. The summed E-state index contributed by atoms with van der Waals surface area (Å²) in [5.41, 5.74) is -0.553. The van der Waals surface area contributed by atoms with Crippen LogP contribution in [0.1, 0.15) is 40.0 Å². The summed E-state index contributed by atoms with van der Waals surface area (Å²) in [6.45, 7) is 5.38. The van der Waals surface area contributed by atoms with Gasteiger partial charge >= 0.3 is 12.1 Å². The first kappa shape index (κ1) is 13.8. The molecule has 1 N–H and O–H groups in total. The Kier molecular flexibility index (Phi) is 4.01. The number of aliphatic carboxylic acids is 1. The third-order valence-electron chi connectivity index (χ3n) is 2.98. The summed E-state index contributed by atoms with van der Waals surface area (Å²) in [6.07, 6.45) is 1.75. The molecule has 1 aliphatic carbocycles. The number of hydrogen-bond donors (Lipinski definition) is 1. The summed E-state index contributed by atoms with van der Waals surface area (Å²) in [5.74, 6) is -1.30. The number of carbonyl (C=O) groups is 2. The molecule has 0 spiro atoms. The fraction of sp³-hybridized carbons (Fsp3) is 0.833. The van der Waals surface area contributed by atoms with Gasteiger partial charge in [0.1, 0.15) is 5.60 Å². The minimum atomic E-state index is -0.831. The summed E-state index contributed by atoms with van der Waals surface area (Å²) in [7, 11) is 1.61. The Hall–Kier alpha value is -1.26. The maximum atomic E-state index is 11.8. The molecule has 0 aliphatic heterocycles. The highest BCUT2D eigenvalue weighted by molar-refractivity contribution is 5.74. The molecule has 98 valence electrons. The van der Waals surface area contributed by atoms with Crippen molar-refractivity contribution in [3.05, 3.63) is 0 Å². The number of nitrogens with zero attached hydrogens (tertiary/aromatic N) is 1. The van der Waals surface area contributed by atoms with E-state index in [2.05, 4.69) is 0 Å². The Morgan fingerprint density at radius 2 is 1.88 bits per heavy atom. The van der Waals surface area contributed by atoms with Crippen LogP contribution < -0.4 is 0 Å². The number of amides is 1. The maximum absolute atomic E-state index is 11.8. The molecule has 2 unspecified atom stereocenters. The Balaban J connectivity index is 2.66. The van der Waals surface area contributed by atoms with Gasteiger partial charge in [0.05, 0.1) is 5.92 Å². The van der Waals surface area contributed by atoms with E-state index in [-0.39, 0.29) is 6.04 Å². The van der Waals surface area contributed by atoms with Crippen molar-refractivity contribution in [1.29, 1.82) is 0 Å². The summed E-state index contributed by atoms with van der Waals surface area (Å²) in [5, 5.41) is 9.07. The van der Waals surface area contributed by atoms with Gasteiger partial charge in [0.15, 0.2) is 0 Å². The van der Waals surface area contributed by atoms with Crippen LogP contribution in [0.5, 0.6) is 0 Å². The van der Waals surface area contributed by atoms with E-state index in [9.17, 15) is 9.59 Å². The smallest absolute Gasteiger partial charge is 0.410 e. The standard InChI is InChI=1S/C12H21NO4/c1-12(2,3)17-11(16)13(4)9-7-5-6-8(9)10(14)15/h8-9H,5-7H2,1-4H3,(H,14,15). The summed E-state index contributed by atoms with van der Waals surface area (Å²) >= 11 is 0. The van der Waals surface area contributed by atoms with Crippen molar-refractivity contribution in [2.45, 2.75) is 51.7 Å². The van der Waals surface area contributed by atoms with Gasteiger partial charge in [-0.3, -0.25) is 4.79 Å². The Bertz CT molecular complexity index is 308. The van der Waals surface area contributed by atoms with Crippen molar-refractivity contribution in [1.82, 2.24) is 4.90 Å². The van der Waals surface area contributed by atoms with E-state index in [4.69, 9.17) is 9.84 Å². The molecule has 0 saturated heterocycles. The lowest BCUT2D eigenvalue weighted by Gasteiger charge is -2.30. The molecule has 1 amide bonds. The fourth-order valence-electron chi connectivity index (χ4n) is 2.16. The molecule has 17 heavy (non-hydrogen) atoms. The van der Waals surface area contributed by atoms with Crippen molar-refractivity contribution >= 4 is 12.1 Å². The van der Waals surface area contributed by atoms with Crippen LogP contribution >= 0.6 is 0 Å². The SMILES string of the molecule is CN(C(=O)OC(C)(C)C)C1CCCC1C(=O)O. The van der Waals surface area contributed by atoms with Crippen LogP contribution in [-0.4, -0.2) is 40.8 Å². The third-order valence-corrected chi connectivity index (χ3v) is 2.98. The number of rotatable bonds is 2. The molecular weight excluding hydrogens is 222 g/mol. The van der Waals surface area contributed by atoms with Crippen LogP contribution in [0.15, 0.2) is 0 Å². The van der Waals surface area contributed by atoms with Gasteiger partial charge in [-0.1, -0.05) is 6.42 Å². The second kappa shape index (κ2) is 4.94. The van der Waals surface area contributed by atoms with Crippen molar-refractivity contribution in [2.24, 2.45) is 5.92 Å². The topological polar surface area (TPSA) is 66.8 Å². The van der Waals surface area contributed by atoms with Crippen molar-refractivity contribution in [2.75, 3.05) is 7.05 Å². The fourth-order valence-corrected chi connectivity index (χ4v) is 2.16. The van der Waals surface area contributed by atoms with Crippen LogP contribution in [0.3, 0.4) is 0 Å². The van der Waals surface area contributed by atoms with E-state index in [1.165, 1.54) is 4.90 Å². The number of ether oxygens (including phenoxy) is 1. The van der Waals surface area contributed by atoms with Gasteiger partial charge < -0.3 is 14.7 Å². The predicted octanol–water partition coefficient (Wildman–Crippen LogP) is 2.11. The first-order valence-electron chi connectivity index (χ1n) is 5.91. The predicted molar refractivity (Wildman–Crippen MR) is 62.8 cm³/mol. The lowest BCUT2D eigenvalue weighted by atomic mass is 10.0. The zero-order valence-corrected chi connectivity index (χ0v) is 10.9. The van der Waals surface area contributed by atoms with E-state index in [0.717, 1.165) is 12.8 Å². The molecule has 0 aromatic heterocycles. The van der Waals surface area contributed by atoms with Crippen LogP contribution in [0.2, 0.25) is 0 Å². The molecule has 2 atom stereocenters. The average molecular weight is 243 g/mol. The molecule has 1 saturated carbocycles. The van der Waals surface area contributed by atoms with Crippen molar-refractivity contribution in [3.63, 3.8) is 0 Å². The van der Waals surface area contributed by atoms with Crippen molar-refractivity contribution in [3.8, 4) is 0 Å². The molecule has 5 nitrogen and oxygen atoms in total. The first-order chi connectivity index (χ1) is 7.72. The molecule has 1 rings (SSSR count). The Labute approximate surface area is 102 Å². The summed E-state index contributed by atoms with van der Waals surface area (Å²) in [4.78, 5) is 24.3. The second-order valence-electron chi connectivity index (χ2n) is 5.53. The summed E-state index contributed by atoms with van der Waals surface area (Å²) < 4.78 is 5.23. The molecule has 5 heteroatoms. The molecule has 0 aromatic carbocycles. The van der Waals surface area contributed by atoms with Crippen molar-refractivity contribution < 1.29 is 19.4 Å². The number of carbonyl (C=O) groups excluding carboxylic acids is 1. The van der Waals surface area contributed by atoms with E-state index in [1.54, 1.807) is 27.8 Å². The van der Waals surface area contributed by atoms with E-state index in [1.807, 2.05) is 0 Å². The number of carboxylic acid groups (broad SMARTS) is 1. The highest BCUT2D eigenvalue weighted by Crippen LogP contribution is 2.30. The molecule has 0 aromatic rings. The summed E-state index contributed by atoms with van der Waals surface area (Å²) in [6, 6.07) is -0.248. The highest BCUT2D eigenvalue weighted by Gasteiger charge is 2.38. The van der Waals surface area contributed by atoms with E-state index >= 15 is 0 Å². The van der Waals surface area contributed by atoms with E-state index < -0.39 is 23.6 Å². The maximum Gasteiger partial charge on any atom is 0.410 e. The first-order valence-corrected chi connectivity index (χ1v) is 5.91. The van der Waals surface area contributed by atoms with Crippen LogP contribution in [0.4, 0.5) is 4.79 Å². The molecule has 0 heterocycles. The minimum absolute atomic E-state index is 0.248. The van der Waals surface area contributed by atoms with Crippen LogP contribution in [-0.2, 0) is 9.53 Å². The average Bonchev–Trinajstić information content (AvgIpc) is 2.61. The largest absolute Gasteiger partial charge is 0.481 e. The lowest BCUT2D eigenvalue weighted by Crippen LogP contribution is -2.44. The molecule has 0 bridgehead atoms. The third kappa shape index (κ3) is 3.61. The highest BCUT2D eigenvalue weighted by atomic mass is 16.6. The lowest BCUT2D eigenvalue weighted by molar-refractivity contribution is -0.143. The normalized spacial score (nSPS) is 24.5. The second-order valence-corrected chi connectivity index (χ2v) is 5.53. The molecule has 1 fully saturated rings. The zero-order valence-electron chi connectivity index (χ0n) is 10.9. The van der Waals surface area contributed by atoms with Gasteiger partial charge in [0, 0.05) is 13.1 Å². The number of carboxylic acids is 1. The molecular formula is C12H21NO4. The van der Waals surface area contributed by atoms with E-state index in [0.29, 0.717) is 6.42 Å². The van der Waals surface area contributed by atoms with Gasteiger partial charge in [0.2, 0.25) is 0 Å². The van der Waals surface area contributed by atoms with Gasteiger partial charge in [-0.2, -0.15) is 0 Å². The van der Waals surface area contributed by atoms with Gasteiger partial charge in [-0.25, -0.2) is 4.79 Å².